The standard InChI is InChI=1S/C35H44N2O2/c1-7-37(22(2)3)21-31-19-28(29-16-17-36-23(4)18-29)12-14-32(31)33-15-13-26-8-11-30(20-34(26)39-33)35(27-9-10-27)24(5)25(6)38/h8,11-12,14,16-20,22,24,27,33,35H,7,9-10,13,15,21H2,1-6H3/t24-,33?,35+/m1/s1. The first kappa shape index (κ1) is 27.6. The molecule has 206 valence electrons. The molecule has 2 aromatic carbocycles. The molecule has 39 heavy (non-hydrogen) atoms. The summed E-state index contributed by atoms with van der Waals surface area (Å²) in [5, 5.41) is 0. The van der Waals surface area contributed by atoms with Crippen molar-refractivity contribution in [2.24, 2.45) is 11.8 Å². The average molecular weight is 525 g/mol. The van der Waals surface area contributed by atoms with Crippen LogP contribution in [0, 0.1) is 18.8 Å². The van der Waals surface area contributed by atoms with E-state index < -0.39 is 0 Å². The van der Waals surface area contributed by atoms with Gasteiger partial charge in [0.2, 0.25) is 0 Å². The average Bonchev–Trinajstić information content (AvgIpc) is 3.76. The number of fused-ring (bicyclic) bond motifs is 1. The molecule has 1 aliphatic heterocycles. The van der Waals surface area contributed by atoms with Crippen LogP contribution in [0.1, 0.15) is 93.9 Å². The number of benzene rings is 2. The van der Waals surface area contributed by atoms with Gasteiger partial charge in [-0.05, 0) is 129 Å². The Balaban J connectivity index is 1.48. The van der Waals surface area contributed by atoms with Gasteiger partial charge < -0.3 is 4.74 Å². The Hall–Kier alpha value is -2.98. The Labute approximate surface area is 234 Å². The molecular weight excluding hydrogens is 480 g/mol. The van der Waals surface area contributed by atoms with Crippen molar-refractivity contribution < 1.29 is 9.53 Å². The lowest BCUT2D eigenvalue weighted by Gasteiger charge is -2.32. The van der Waals surface area contributed by atoms with Crippen molar-refractivity contribution >= 4 is 5.78 Å². The summed E-state index contributed by atoms with van der Waals surface area (Å²) in [6.07, 6.45) is 6.33. The number of aryl methyl sites for hydroxylation is 2. The van der Waals surface area contributed by atoms with Crippen LogP contribution in [-0.4, -0.2) is 28.3 Å². The van der Waals surface area contributed by atoms with Crippen LogP contribution in [0.2, 0.25) is 0 Å². The normalized spacial score (nSPS) is 18.5. The van der Waals surface area contributed by atoms with E-state index in [4.69, 9.17) is 4.74 Å². The van der Waals surface area contributed by atoms with Crippen LogP contribution in [0.15, 0.2) is 54.7 Å². The molecule has 3 aromatic rings. The Morgan fingerprint density at radius 3 is 2.46 bits per heavy atom. The molecule has 4 heteroatoms. The molecule has 2 aliphatic rings. The van der Waals surface area contributed by atoms with Gasteiger partial charge in [-0.15, -0.1) is 0 Å². The van der Waals surface area contributed by atoms with Gasteiger partial charge in [0.15, 0.2) is 0 Å². The lowest BCUT2D eigenvalue weighted by atomic mass is 9.80. The molecule has 2 heterocycles. The number of hydrogen-bond acceptors (Lipinski definition) is 4. The van der Waals surface area contributed by atoms with Gasteiger partial charge >= 0.3 is 0 Å². The summed E-state index contributed by atoms with van der Waals surface area (Å²) in [5.41, 5.74) is 8.63. The fourth-order valence-corrected chi connectivity index (χ4v) is 6.33. The highest BCUT2D eigenvalue weighted by Gasteiger charge is 2.38. The number of aromatic nitrogens is 1. The van der Waals surface area contributed by atoms with Crippen molar-refractivity contribution in [2.45, 2.75) is 91.8 Å². The Morgan fingerprint density at radius 1 is 1.03 bits per heavy atom. The van der Waals surface area contributed by atoms with E-state index >= 15 is 0 Å². The summed E-state index contributed by atoms with van der Waals surface area (Å²) in [4.78, 5) is 19.2. The van der Waals surface area contributed by atoms with Gasteiger partial charge in [0, 0.05) is 30.4 Å². The summed E-state index contributed by atoms with van der Waals surface area (Å²) in [5.74, 6) is 2.24. The lowest BCUT2D eigenvalue weighted by molar-refractivity contribution is -0.121. The predicted octanol–water partition coefficient (Wildman–Crippen LogP) is 8.07. The van der Waals surface area contributed by atoms with E-state index in [1.165, 1.54) is 46.2 Å². The highest BCUT2D eigenvalue weighted by atomic mass is 16.5. The second kappa shape index (κ2) is 11.6. The monoisotopic (exact) mass is 524 g/mol. The van der Waals surface area contributed by atoms with Gasteiger partial charge in [0.05, 0.1) is 0 Å². The zero-order chi connectivity index (χ0) is 27.7. The largest absolute Gasteiger partial charge is 0.485 e. The minimum Gasteiger partial charge on any atom is -0.485 e. The molecule has 0 radical (unpaired) electrons. The summed E-state index contributed by atoms with van der Waals surface area (Å²) >= 11 is 0. The number of nitrogens with zero attached hydrogens (tertiary/aromatic N) is 2. The molecule has 1 unspecified atom stereocenters. The van der Waals surface area contributed by atoms with Gasteiger partial charge in [0.1, 0.15) is 17.6 Å². The maximum absolute atomic E-state index is 12.3. The van der Waals surface area contributed by atoms with Gasteiger partial charge in [0.25, 0.3) is 0 Å². The molecule has 3 atom stereocenters. The van der Waals surface area contributed by atoms with Crippen molar-refractivity contribution in [3.8, 4) is 16.9 Å². The number of hydrogen-bond donors (Lipinski definition) is 0. The molecule has 4 nitrogen and oxygen atoms in total. The number of pyridine rings is 1. The molecule has 0 bridgehead atoms. The lowest BCUT2D eigenvalue weighted by Crippen LogP contribution is -2.31. The van der Waals surface area contributed by atoms with E-state index in [1.807, 2.05) is 13.1 Å². The maximum atomic E-state index is 12.3. The summed E-state index contributed by atoms with van der Waals surface area (Å²) < 4.78 is 6.82. The summed E-state index contributed by atoms with van der Waals surface area (Å²) in [6, 6.07) is 18.4. The van der Waals surface area contributed by atoms with Crippen LogP contribution in [0.25, 0.3) is 11.1 Å². The third kappa shape index (κ3) is 6.11. The second-order valence-electron chi connectivity index (χ2n) is 12.0. The van der Waals surface area contributed by atoms with Crippen molar-refractivity contribution in [3.05, 3.63) is 82.7 Å². The molecule has 0 spiro atoms. The SMILES string of the molecule is CCN(Cc1cc(-c2ccnc(C)c2)ccc1C1CCc2ccc([C@H](C3CC3)[C@H](C)C(C)=O)cc2O1)C(C)C. The minimum atomic E-state index is 0.0199. The first-order valence-electron chi connectivity index (χ1n) is 14.8. The smallest absolute Gasteiger partial charge is 0.133 e. The summed E-state index contributed by atoms with van der Waals surface area (Å²) in [6.45, 7) is 14.6. The summed E-state index contributed by atoms with van der Waals surface area (Å²) in [7, 11) is 0. The third-order valence-corrected chi connectivity index (χ3v) is 8.96. The van der Waals surface area contributed by atoms with E-state index in [1.54, 1.807) is 6.92 Å². The van der Waals surface area contributed by atoms with Crippen LogP contribution >= 0.6 is 0 Å². The first-order chi connectivity index (χ1) is 18.7. The van der Waals surface area contributed by atoms with Gasteiger partial charge in [-0.25, -0.2) is 0 Å². The first-order valence-corrected chi connectivity index (χ1v) is 14.8. The third-order valence-electron chi connectivity index (χ3n) is 8.96. The molecular formula is C35H44N2O2. The number of ether oxygens (including phenoxy) is 1. The fraction of sp³-hybridized carbons (Fsp3) is 0.486. The molecule has 1 aromatic heterocycles. The molecule has 0 amide bonds. The Bertz CT molecular complexity index is 1330. The van der Waals surface area contributed by atoms with Crippen LogP contribution in [0.5, 0.6) is 5.75 Å². The number of Topliss-reactive ketones (excluding diaryl/α,β-unsaturated/α-hetero) is 1. The van der Waals surface area contributed by atoms with Gasteiger partial charge in [-0.3, -0.25) is 14.7 Å². The van der Waals surface area contributed by atoms with Crippen LogP contribution in [0.4, 0.5) is 0 Å². The highest BCUT2D eigenvalue weighted by molar-refractivity contribution is 5.79. The van der Waals surface area contributed by atoms with Crippen molar-refractivity contribution in [1.82, 2.24) is 9.88 Å². The van der Waals surface area contributed by atoms with Crippen LogP contribution < -0.4 is 4.74 Å². The van der Waals surface area contributed by atoms with Crippen molar-refractivity contribution in [3.63, 3.8) is 0 Å². The van der Waals surface area contributed by atoms with E-state index in [0.717, 1.165) is 37.4 Å². The maximum Gasteiger partial charge on any atom is 0.133 e. The van der Waals surface area contributed by atoms with Crippen molar-refractivity contribution in [2.75, 3.05) is 6.54 Å². The van der Waals surface area contributed by atoms with Gasteiger partial charge in [-0.2, -0.15) is 0 Å². The van der Waals surface area contributed by atoms with Crippen LogP contribution in [0.3, 0.4) is 0 Å². The predicted molar refractivity (Wildman–Crippen MR) is 159 cm³/mol. The quantitative estimate of drug-likeness (QED) is 0.269. The van der Waals surface area contributed by atoms with Crippen LogP contribution in [-0.2, 0) is 17.8 Å². The van der Waals surface area contributed by atoms with E-state index in [9.17, 15) is 4.79 Å². The molecule has 1 fully saturated rings. The minimum absolute atomic E-state index is 0.0199. The van der Waals surface area contributed by atoms with E-state index in [2.05, 4.69) is 86.1 Å². The van der Waals surface area contributed by atoms with Crippen molar-refractivity contribution in [1.29, 1.82) is 0 Å². The molecule has 1 aliphatic carbocycles. The zero-order valence-corrected chi connectivity index (χ0v) is 24.5. The molecule has 5 rings (SSSR count). The number of carbonyl (C=O) groups is 1. The highest BCUT2D eigenvalue weighted by Crippen LogP contribution is 2.48. The topological polar surface area (TPSA) is 42.4 Å². The second-order valence-corrected chi connectivity index (χ2v) is 12.0. The number of rotatable bonds is 10. The molecule has 0 N–H and O–H groups in total. The van der Waals surface area contributed by atoms with E-state index in [-0.39, 0.29) is 17.8 Å². The molecule has 1 saturated carbocycles. The molecule has 0 saturated heterocycles. The van der Waals surface area contributed by atoms with E-state index in [0.29, 0.717) is 17.9 Å². The number of carbonyl (C=O) groups excluding carboxylic acids is 1. The zero-order valence-electron chi connectivity index (χ0n) is 24.5. The fourth-order valence-electron chi connectivity index (χ4n) is 6.33. The number of ketones is 1. The Kier molecular flexibility index (Phi) is 8.23. The van der Waals surface area contributed by atoms with Gasteiger partial charge in [-0.1, -0.05) is 38.1 Å². The Morgan fingerprint density at radius 2 is 1.79 bits per heavy atom.